The largest absolute Gasteiger partial charge is 0.479 e. The minimum atomic E-state index is -1.34. The predicted octanol–water partition coefficient (Wildman–Crippen LogP) is 0.732. The van der Waals surface area contributed by atoms with Crippen LogP contribution in [0.3, 0.4) is 0 Å². The molecule has 2 N–H and O–H groups in total. The fourth-order valence-electron chi connectivity index (χ4n) is 1.71. The summed E-state index contributed by atoms with van der Waals surface area (Å²) in [5.74, 6) is -4.66. The van der Waals surface area contributed by atoms with Crippen LogP contribution in [0, 0.1) is 0 Å². The molecule has 22 heavy (non-hydrogen) atoms. The summed E-state index contributed by atoms with van der Waals surface area (Å²) < 4.78 is 9.13. The van der Waals surface area contributed by atoms with Crippen LogP contribution in [0.1, 0.15) is 33.2 Å². The highest BCUT2D eigenvalue weighted by Crippen LogP contribution is 2.18. The van der Waals surface area contributed by atoms with Gasteiger partial charge >= 0.3 is 23.9 Å². The summed E-state index contributed by atoms with van der Waals surface area (Å²) >= 11 is 0. The van der Waals surface area contributed by atoms with Crippen LogP contribution in [0.5, 0.6) is 0 Å². The van der Waals surface area contributed by atoms with E-state index in [1.807, 2.05) is 0 Å². The normalized spacial score (nSPS) is 9.86. The summed E-state index contributed by atoms with van der Waals surface area (Å²) in [7, 11) is 0. The first-order valence-corrected chi connectivity index (χ1v) is 6.26. The maximum absolute atomic E-state index is 12.0. The van der Waals surface area contributed by atoms with Crippen molar-refractivity contribution in [1.82, 2.24) is 0 Å². The Morgan fingerprint density at radius 3 is 2.00 bits per heavy atom. The zero-order chi connectivity index (χ0) is 16.7. The van der Waals surface area contributed by atoms with Gasteiger partial charge in [-0.1, -0.05) is 19.1 Å². The quantitative estimate of drug-likeness (QED) is 0.706. The van der Waals surface area contributed by atoms with Crippen LogP contribution in [0.4, 0.5) is 0 Å². The van der Waals surface area contributed by atoms with Crippen LogP contribution >= 0.6 is 0 Å². The van der Waals surface area contributed by atoms with E-state index in [0.717, 1.165) is 0 Å². The molecule has 0 spiro atoms. The zero-order valence-electron chi connectivity index (χ0n) is 11.7. The Hall–Kier alpha value is -2.90. The minimum absolute atomic E-state index is 0.123. The second-order valence-electron chi connectivity index (χ2n) is 4.13. The van der Waals surface area contributed by atoms with E-state index in [4.69, 9.17) is 10.2 Å². The first kappa shape index (κ1) is 17.2. The Morgan fingerprint density at radius 2 is 1.50 bits per heavy atom. The van der Waals surface area contributed by atoms with Crippen molar-refractivity contribution in [2.24, 2.45) is 0 Å². The number of aliphatic carboxylic acids is 2. The topological polar surface area (TPSA) is 127 Å². The fraction of sp³-hybridized carbons (Fsp3) is 0.286. The van der Waals surface area contributed by atoms with Gasteiger partial charge < -0.3 is 19.7 Å². The van der Waals surface area contributed by atoms with Crippen molar-refractivity contribution in [3.05, 3.63) is 34.9 Å². The van der Waals surface area contributed by atoms with E-state index in [1.165, 1.54) is 12.1 Å². The van der Waals surface area contributed by atoms with Gasteiger partial charge in [0.2, 0.25) is 0 Å². The Bertz CT molecular complexity index is 605. The molecule has 8 heteroatoms. The van der Waals surface area contributed by atoms with Gasteiger partial charge in [-0.05, 0) is 18.1 Å². The standard InChI is InChI=1S/C14H14O8/c1-2-8-4-3-5-9(13(19)21-6-10(15)16)12(8)14(20)22-7-11(17)18/h3-5H,2,6-7H2,1H3,(H,15,16)(H,17,18). The molecule has 0 bridgehead atoms. The second kappa shape index (κ2) is 7.77. The second-order valence-corrected chi connectivity index (χ2v) is 4.13. The molecule has 0 aromatic heterocycles. The summed E-state index contributed by atoms with van der Waals surface area (Å²) in [6.45, 7) is 0.0367. The zero-order valence-corrected chi connectivity index (χ0v) is 11.7. The van der Waals surface area contributed by atoms with Crippen molar-refractivity contribution in [2.45, 2.75) is 13.3 Å². The molecule has 0 fully saturated rings. The summed E-state index contributed by atoms with van der Waals surface area (Å²) in [4.78, 5) is 44.7. The van der Waals surface area contributed by atoms with E-state index in [1.54, 1.807) is 13.0 Å². The SMILES string of the molecule is CCc1cccc(C(=O)OCC(=O)O)c1C(=O)OCC(=O)O. The van der Waals surface area contributed by atoms with E-state index in [2.05, 4.69) is 9.47 Å². The van der Waals surface area contributed by atoms with E-state index < -0.39 is 37.1 Å². The molecule has 0 aliphatic heterocycles. The average molecular weight is 310 g/mol. The van der Waals surface area contributed by atoms with Gasteiger partial charge in [0.25, 0.3) is 0 Å². The third-order valence-corrected chi connectivity index (χ3v) is 2.61. The van der Waals surface area contributed by atoms with Crippen LogP contribution in [0.2, 0.25) is 0 Å². The number of hydrogen-bond acceptors (Lipinski definition) is 6. The molecule has 0 heterocycles. The van der Waals surface area contributed by atoms with E-state index in [-0.39, 0.29) is 11.1 Å². The molecule has 1 rings (SSSR count). The molecule has 8 nitrogen and oxygen atoms in total. The number of esters is 2. The molecule has 1 aromatic rings. The van der Waals surface area contributed by atoms with Crippen LogP contribution in [0.25, 0.3) is 0 Å². The lowest BCUT2D eigenvalue weighted by atomic mass is 9.99. The van der Waals surface area contributed by atoms with Gasteiger partial charge in [0.1, 0.15) is 0 Å². The van der Waals surface area contributed by atoms with Gasteiger partial charge in [0, 0.05) is 0 Å². The molecular formula is C14H14O8. The third-order valence-electron chi connectivity index (χ3n) is 2.61. The van der Waals surface area contributed by atoms with Crippen LogP contribution in [-0.2, 0) is 25.5 Å². The molecule has 0 amide bonds. The highest BCUT2D eigenvalue weighted by Gasteiger charge is 2.23. The van der Waals surface area contributed by atoms with Crippen molar-refractivity contribution in [3.8, 4) is 0 Å². The molecule has 0 unspecified atom stereocenters. The Morgan fingerprint density at radius 1 is 0.955 bits per heavy atom. The van der Waals surface area contributed by atoms with Crippen molar-refractivity contribution >= 4 is 23.9 Å². The van der Waals surface area contributed by atoms with Crippen LogP contribution < -0.4 is 0 Å². The number of carboxylic acids is 2. The summed E-state index contributed by atoms with van der Waals surface area (Å²) in [6, 6.07) is 4.36. The number of ether oxygens (including phenoxy) is 2. The lowest BCUT2D eigenvalue weighted by Crippen LogP contribution is -2.20. The molecule has 0 saturated heterocycles. The Balaban J connectivity index is 3.11. The lowest BCUT2D eigenvalue weighted by molar-refractivity contribution is -0.141. The van der Waals surface area contributed by atoms with Gasteiger partial charge in [-0.3, -0.25) is 0 Å². The van der Waals surface area contributed by atoms with Gasteiger partial charge in [0.15, 0.2) is 13.2 Å². The fourth-order valence-corrected chi connectivity index (χ4v) is 1.71. The molecule has 0 saturated carbocycles. The Kier molecular flexibility index (Phi) is 6.06. The number of hydrogen-bond donors (Lipinski definition) is 2. The van der Waals surface area contributed by atoms with Gasteiger partial charge in [-0.15, -0.1) is 0 Å². The maximum atomic E-state index is 12.0. The maximum Gasteiger partial charge on any atom is 0.341 e. The van der Waals surface area contributed by atoms with Crippen LogP contribution in [0.15, 0.2) is 18.2 Å². The molecular weight excluding hydrogens is 296 g/mol. The molecule has 1 aromatic carbocycles. The molecule has 0 atom stereocenters. The first-order chi connectivity index (χ1) is 10.4. The van der Waals surface area contributed by atoms with Gasteiger partial charge in [0.05, 0.1) is 11.1 Å². The number of rotatable bonds is 7. The summed E-state index contributed by atoms with van der Waals surface area (Å²) in [5, 5.41) is 17.0. The number of benzene rings is 1. The Labute approximate surface area is 125 Å². The first-order valence-electron chi connectivity index (χ1n) is 6.26. The van der Waals surface area contributed by atoms with Crippen molar-refractivity contribution < 1.29 is 38.9 Å². The smallest absolute Gasteiger partial charge is 0.341 e. The molecule has 0 aliphatic carbocycles. The van der Waals surface area contributed by atoms with Crippen molar-refractivity contribution in [2.75, 3.05) is 13.2 Å². The van der Waals surface area contributed by atoms with Crippen molar-refractivity contribution in [3.63, 3.8) is 0 Å². The highest BCUT2D eigenvalue weighted by atomic mass is 16.6. The molecule has 0 aliphatic rings. The summed E-state index contributed by atoms with van der Waals surface area (Å²) in [6.07, 6.45) is 0.386. The number of aryl methyl sites for hydroxylation is 1. The van der Waals surface area contributed by atoms with Crippen LogP contribution in [-0.4, -0.2) is 47.3 Å². The number of carboxylic acid groups (broad SMARTS) is 2. The third kappa shape index (κ3) is 4.58. The van der Waals surface area contributed by atoms with Gasteiger partial charge in [-0.2, -0.15) is 0 Å². The summed E-state index contributed by atoms with van der Waals surface area (Å²) in [5.41, 5.74) is 0.165. The predicted molar refractivity (Wildman–Crippen MR) is 71.7 cm³/mol. The lowest BCUT2D eigenvalue weighted by Gasteiger charge is -2.12. The van der Waals surface area contributed by atoms with E-state index in [9.17, 15) is 19.2 Å². The van der Waals surface area contributed by atoms with E-state index >= 15 is 0 Å². The number of carbonyl (C=O) groups is 4. The molecule has 0 radical (unpaired) electrons. The highest BCUT2D eigenvalue weighted by molar-refractivity contribution is 6.04. The van der Waals surface area contributed by atoms with Crippen molar-refractivity contribution in [1.29, 1.82) is 0 Å². The average Bonchev–Trinajstić information content (AvgIpc) is 2.49. The minimum Gasteiger partial charge on any atom is -0.479 e. The number of carbonyl (C=O) groups excluding carboxylic acids is 2. The molecule has 118 valence electrons. The van der Waals surface area contributed by atoms with Gasteiger partial charge in [-0.25, -0.2) is 19.2 Å². The monoisotopic (exact) mass is 310 g/mol. The van der Waals surface area contributed by atoms with E-state index in [0.29, 0.717) is 12.0 Å².